The summed E-state index contributed by atoms with van der Waals surface area (Å²) in [6, 6.07) is 24.2. The van der Waals surface area contributed by atoms with Gasteiger partial charge in [0.05, 0.1) is 12.8 Å². The van der Waals surface area contributed by atoms with Gasteiger partial charge in [-0.25, -0.2) is 5.43 Å². The topological polar surface area (TPSA) is 89.0 Å². The van der Waals surface area contributed by atoms with E-state index in [1.54, 1.807) is 42.5 Å². The van der Waals surface area contributed by atoms with E-state index >= 15 is 0 Å². The van der Waals surface area contributed by atoms with Crippen LogP contribution in [0, 0.1) is 0 Å². The fraction of sp³-hybridized carbons (Fsp3) is 0.160. The minimum Gasteiger partial charge on any atom is -0.490 e. The van der Waals surface area contributed by atoms with Crippen LogP contribution in [0.15, 0.2) is 84.0 Å². The number of anilines is 1. The smallest absolute Gasteiger partial charge is 0.249 e. The first-order valence-electron chi connectivity index (χ1n) is 10.2. The molecule has 0 atom stereocenters. The van der Waals surface area contributed by atoms with Crippen molar-refractivity contribution in [1.82, 2.24) is 5.43 Å². The summed E-state index contributed by atoms with van der Waals surface area (Å²) in [6.45, 7) is 2.80. The van der Waals surface area contributed by atoms with E-state index in [1.807, 2.05) is 43.3 Å². The first-order chi connectivity index (χ1) is 15.6. The third-order valence-electron chi connectivity index (χ3n) is 4.29. The van der Waals surface area contributed by atoms with E-state index in [1.165, 1.54) is 6.21 Å². The zero-order chi connectivity index (χ0) is 22.6. The van der Waals surface area contributed by atoms with Gasteiger partial charge in [0.15, 0.2) is 11.5 Å². The molecule has 0 unspecified atom stereocenters. The molecule has 164 valence electrons. The zero-order valence-corrected chi connectivity index (χ0v) is 17.8. The fourth-order valence-corrected chi connectivity index (χ4v) is 2.82. The number of rotatable bonds is 10. The lowest BCUT2D eigenvalue weighted by molar-refractivity contribution is -0.126. The van der Waals surface area contributed by atoms with Crippen LogP contribution >= 0.6 is 0 Å². The number of nitrogens with one attached hydrogen (secondary N) is 2. The van der Waals surface area contributed by atoms with Crippen LogP contribution in [0.1, 0.15) is 24.5 Å². The van der Waals surface area contributed by atoms with E-state index in [0.29, 0.717) is 30.4 Å². The van der Waals surface area contributed by atoms with Crippen molar-refractivity contribution >= 4 is 23.7 Å². The molecule has 7 nitrogen and oxygen atoms in total. The van der Waals surface area contributed by atoms with Crippen molar-refractivity contribution < 1.29 is 19.1 Å². The molecule has 32 heavy (non-hydrogen) atoms. The molecule has 7 heteroatoms. The number of hydrogen-bond donors (Lipinski definition) is 2. The molecule has 2 N–H and O–H groups in total. The lowest BCUT2D eigenvalue weighted by atomic mass is 10.2. The fourth-order valence-electron chi connectivity index (χ4n) is 2.82. The van der Waals surface area contributed by atoms with Gasteiger partial charge in [-0.3, -0.25) is 9.59 Å². The Bertz CT molecular complexity index is 1050. The van der Waals surface area contributed by atoms with Gasteiger partial charge in [0, 0.05) is 5.69 Å². The lowest BCUT2D eigenvalue weighted by Gasteiger charge is -2.12. The lowest BCUT2D eigenvalue weighted by Crippen LogP contribution is -2.24. The Kier molecular flexibility index (Phi) is 8.39. The second-order valence-corrected chi connectivity index (χ2v) is 6.80. The quantitative estimate of drug-likeness (QED) is 0.287. The molecular weight excluding hydrogens is 406 g/mol. The zero-order valence-electron chi connectivity index (χ0n) is 17.8. The molecule has 0 aliphatic heterocycles. The van der Waals surface area contributed by atoms with Crippen LogP contribution in [0.25, 0.3) is 0 Å². The van der Waals surface area contributed by atoms with E-state index in [-0.39, 0.29) is 6.42 Å². The van der Waals surface area contributed by atoms with Crippen LogP contribution in [0.2, 0.25) is 0 Å². The largest absolute Gasteiger partial charge is 0.490 e. The van der Waals surface area contributed by atoms with E-state index in [0.717, 1.165) is 11.1 Å². The molecule has 0 spiro atoms. The van der Waals surface area contributed by atoms with Crippen molar-refractivity contribution in [2.45, 2.75) is 20.0 Å². The molecule has 3 aromatic carbocycles. The highest BCUT2D eigenvalue weighted by molar-refractivity contribution is 6.03. The summed E-state index contributed by atoms with van der Waals surface area (Å²) in [6.07, 6.45) is 1.15. The monoisotopic (exact) mass is 431 g/mol. The number of benzene rings is 3. The van der Waals surface area contributed by atoms with Crippen molar-refractivity contribution in [3.05, 3.63) is 90.0 Å². The molecule has 0 aromatic heterocycles. The van der Waals surface area contributed by atoms with Crippen LogP contribution < -0.4 is 20.2 Å². The third kappa shape index (κ3) is 7.28. The minimum atomic E-state index is -0.512. The highest BCUT2D eigenvalue weighted by Crippen LogP contribution is 2.28. The summed E-state index contributed by atoms with van der Waals surface area (Å²) in [4.78, 5) is 23.9. The molecule has 0 radical (unpaired) electrons. The molecule has 2 amide bonds. The predicted octanol–water partition coefficient (Wildman–Crippen LogP) is 4.14. The van der Waals surface area contributed by atoms with E-state index < -0.39 is 11.8 Å². The Balaban J connectivity index is 1.53. The molecule has 0 heterocycles. The van der Waals surface area contributed by atoms with Crippen molar-refractivity contribution in [2.75, 3.05) is 11.9 Å². The predicted molar refractivity (Wildman–Crippen MR) is 124 cm³/mol. The van der Waals surface area contributed by atoms with Gasteiger partial charge in [0.2, 0.25) is 11.8 Å². The number of amides is 2. The van der Waals surface area contributed by atoms with Gasteiger partial charge < -0.3 is 14.8 Å². The Morgan fingerprint density at radius 1 is 0.875 bits per heavy atom. The molecular formula is C25H25N3O4. The maximum Gasteiger partial charge on any atom is 0.249 e. The highest BCUT2D eigenvalue weighted by atomic mass is 16.5. The van der Waals surface area contributed by atoms with Crippen LogP contribution in [0.4, 0.5) is 5.69 Å². The van der Waals surface area contributed by atoms with Gasteiger partial charge in [0.25, 0.3) is 0 Å². The maximum atomic E-state index is 11.9. The van der Waals surface area contributed by atoms with Gasteiger partial charge in [-0.2, -0.15) is 5.10 Å². The van der Waals surface area contributed by atoms with Gasteiger partial charge in [-0.05, 0) is 48.4 Å². The Labute approximate surface area is 187 Å². The summed E-state index contributed by atoms with van der Waals surface area (Å²) >= 11 is 0. The summed E-state index contributed by atoms with van der Waals surface area (Å²) in [5.41, 5.74) is 4.76. The minimum absolute atomic E-state index is 0.331. The number of nitrogens with zero attached hydrogens (tertiary/aromatic N) is 1. The molecule has 3 rings (SSSR count). The summed E-state index contributed by atoms with van der Waals surface area (Å²) in [5.74, 6) is 0.278. The van der Waals surface area contributed by atoms with Crippen molar-refractivity contribution in [3.63, 3.8) is 0 Å². The SMILES string of the molecule is CCOc1cc(C=NNC(=O)CC(=O)Nc2ccccc2)ccc1OCc1ccccc1. The van der Waals surface area contributed by atoms with Gasteiger partial charge in [-0.1, -0.05) is 48.5 Å². The van der Waals surface area contributed by atoms with E-state index in [9.17, 15) is 9.59 Å². The second-order valence-electron chi connectivity index (χ2n) is 6.80. The van der Waals surface area contributed by atoms with Crippen molar-refractivity contribution in [2.24, 2.45) is 5.10 Å². The normalized spacial score (nSPS) is 10.5. The molecule has 0 saturated heterocycles. The average Bonchev–Trinajstić information content (AvgIpc) is 2.80. The van der Waals surface area contributed by atoms with Gasteiger partial charge >= 0.3 is 0 Å². The maximum absolute atomic E-state index is 11.9. The first-order valence-corrected chi connectivity index (χ1v) is 10.2. The van der Waals surface area contributed by atoms with Crippen LogP contribution in [-0.4, -0.2) is 24.6 Å². The summed E-state index contributed by atoms with van der Waals surface area (Å²) in [5, 5.41) is 6.58. The van der Waals surface area contributed by atoms with Crippen LogP contribution in [0.3, 0.4) is 0 Å². The molecule has 0 aliphatic rings. The molecule has 0 aliphatic carbocycles. The molecule has 0 saturated carbocycles. The number of carbonyl (C=O) groups is 2. The number of para-hydroxylation sites is 1. The van der Waals surface area contributed by atoms with Crippen molar-refractivity contribution in [3.8, 4) is 11.5 Å². The molecule has 0 bridgehead atoms. The molecule has 3 aromatic rings. The number of ether oxygens (including phenoxy) is 2. The summed E-state index contributed by atoms with van der Waals surface area (Å²) in [7, 11) is 0. The molecule has 0 fully saturated rings. The number of hydrazone groups is 1. The first kappa shape index (κ1) is 22.6. The van der Waals surface area contributed by atoms with Crippen LogP contribution in [-0.2, 0) is 16.2 Å². The summed E-state index contributed by atoms with van der Waals surface area (Å²) < 4.78 is 11.6. The Hall–Kier alpha value is -4.13. The Morgan fingerprint density at radius 2 is 1.59 bits per heavy atom. The van der Waals surface area contributed by atoms with E-state index in [2.05, 4.69) is 15.8 Å². The van der Waals surface area contributed by atoms with Gasteiger partial charge in [-0.15, -0.1) is 0 Å². The number of carbonyl (C=O) groups excluding carboxylic acids is 2. The standard InChI is InChI=1S/C25H25N3O4/c1-2-31-23-15-20(13-14-22(23)32-18-19-9-5-3-6-10-19)17-26-28-25(30)16-24(29)27-21-11-7-4-8-12-21/h3-15,17H,2,16,18H2,1H3,(H,27,29)(H,28,30). The average molecular weight is 431 g/mol. The third-order valence-corrected chi connectivity index (χ3v) is 4.29. The van der Waals surface area contributed by atoms with Crippen molar-refractivity contribution in [1.29, 1.82) is 0 Å². The highest BCUT2D eigenvalue weighted by Gasteiger charge is 2.09. The number of hydrogen-bond acceptors (Lipinski definition) is 5. The van der Waals surface area contributed by atoms with E-state index in [4.69, 9.17) is 9.47 Å². The Morgan fingerprint density at radius 3 is 2.31 bits per heavy atom. The van der Waals surface area contributed by atoms with Crippen LogP contribution in [0.5, 0.6) is 11.5 Å². The van der Waals surface area contributed by atoms with Gasteiger partial charge in [0.1, 0.15) is 13.0 Å². The second kappa shape index (κ2) is 11.9.